The number of rotatable bonds is 6. The molecule has 2 N–H and O–H groups in total. The molecule has 0 aliphatic carbocycles. The molecule has 1 saturated heterocycles. The SMILES string of the molecule is N#C/C(=C/NCCN1CCOCC1)C(=O)Nc1ccc(Cl)cc1. The smallest absolute Gasteiger partial charge is 0.267 e. The van der Waals surface area contributed by atoms with E-state index in [1.165, 1.54) is 6.20 Å². The van der Waals surface area contributed by atoms with Gasteiger partial charge >= 0.3 is 0 Å². The van der Waals surface area contributed by atoms with E-state index in [4.69, 9.17) is 21.6 Å². The van der Waals surface area contributed by atoms with E-state index in [0.717, 1.165) is 32.8 Å². The lowest BCUT2D eigenvalue weighted by Gasteiger charge is -2.26. The lowest BCUT2D eigenvalue weighted by atomic mass is 10.2. The van der Waals surface area contributed by atoms with Crippen molar-refractivity contribution in [2.45, 2.75) is 0 Å². The third-order valence-electron chi connectivity index (χ3n) is 3.39. The average Bonchev–Trinajstić information content (AvgIpc) is 2.58. The van der Waals surface area contributed by atoms with Crippen molar-refractivity contribution >= 4 is 23.2 Å². The highest BCUT2D eigenvalue weighted by atomic mass is 35.5. The van der Waals surface area contributed by atoms with Gasteiger partial charge in [0.25, 0.3) is 5.91 Å². The number of hydrogen-bond donors (Lipinski definition) is 2. The zero-order valence-electron chi connectivity index (χ0n) is 12.7. The highest BCUT2D eigenvalue weighted by Gasteiger charge is 2.10. The molecule has 1 aromatic rings. The first-order valence-corrected chi connectivity index (χ1v) is 7.77. The van der Waals surface area contributed by atoms with Gasteiger partial charge in [0.2, 0.25) is 0 Å². The Hall–Kier alpha value is -2.07. The lowest BCUT2D eigenvalue weighted by Crippen LogP contribution is -2.39. The first kappa shape index (κ1) is 17.3. The molecule has 122 valence electrons. The van der Waals surface area contributed by atoms with Gasteiger partial charge in [0.15, 0.2) is 0 Å². The van der Waals surface area contributed by atoms with Gasteiger partial charge in [-0.25, -0.2) is 0 Å². The fourth-order valence-corrected chi connectivity index (χ4v) is 2.23. The van der Waals surface area contributed by atoms with Gasteiger partial charge in [-0.3, -0.25) is 9.69 Å². The number of carbonyl (C=O) groups is 1. The van der Waals surface area contributed by atoms with E-state index in [1.807, 2.05) is 6.07 Å². The Bertz CT molecular complexity index is 589. The molecule has 1 aromatic carbocycles. The fourth-order valence-electron chi connectivity index (χ4n) is 2.10. The molecule has 0 saturated carbocycles. The second-order valence-electron chi connectivity index (χ2n) is 5.04. The van der Waals surface area contributed by atoms with Crippen molar-refractivity contribution < 1.29 is 9.53 Å². The molecule has 1 aliphatic heterocycles. The molecule has 0 unspecified atom stereocenters. The Morgan fingerprint density at radius 3 is 2.70 bits per heavy atom. The van der Waals surface area contributed by atoms with Crippen LogP contribution < -0.4 is 10.6 Å². The molecule has 0 atom stereocenters. The van der Waals surface area contributed by atoms with Crippen LogP contribution in [-0.4, -0.2) is 50.2 Å². The van der Waals surface area contributed by atoms with E-state index < -0.39 is 5.91 Å². The van der Waals surface area contributed by atoms with E-state index in [9.17, 15) is 4.79 Å². The second-order valence-corrected chi connectivity index (χ2v) is 5.48. The Labute approximate surface area is 140 Å². The van der Waals surface area contributed by atoms with Crippen LogP contribution in [0.2, 0.25) is 5.02 Å². The van der Waals surface area contributed by atoms with Crippen LogP contribution in [0.15, 0.2) is 36.0 Å². The molecular formula is C16H19ClN4O2. The maximum atomic E-state index is 12.0. The molecule has 7 heteroatoms. The van der Waals surface area contributed by atoms with Crippen LogP contribution in [0.1, 0.15) is 0 Å². The normalized spacial score (nSPS) is 15.7. The molecule has 1 heterocycles. The standard InChI is InChI=1S/C16H19ClN4O2/c17-14-1-3-15(4-2-14)20-16(22)13(11-18)12-19-5-6-21-7-9-23-10-8-21/h1-4,12,19H,5-10H2,(H,20,22)/b13-12-. The van der Waals surface area contributed by atoms with Gasteiger partial charge in [-0.05, 0) is 24.3 Å². The Balaban J connectivity index is 1.79. The highest BCUT2D eigenvalue weighted by molar-refractivity contribution is 6.30. The zero-order chi connectivity index (χ0) is 16.5. The minimum atomic E-state index is -0.450. The molecular weight excluding hydrogens is 316 g/mol. The van der Waals surface area contributed by atoms with Gasteiger partial charge in [0.05, 0.1) is 13.2 Å². The molecule has 2 rings (SSSR count). The minimum Gasteiger partial charge on any atom is -0.388 e. The molecule has 1 fully saturated rings. The van der Waals surface area contributed by atoms with Gasteiger partial charge in [0.1, 0.15) is 11.6 Å². The monoisotopic (exact) mass is 334 g/mol. The van der Waals surface area contributed by atoms with Gasteiger partial charge < -0.3 is 15.4 Å². The second kappa shape index (κ2) is 9.16. The number of anilines is 1. The Kier molecular flexibility index (Phi) is 6.88. The van der Waals surface area contributed by atoms with Crippen molar-refractivity contribution in [3.8, 4) is 6.07 Å². The summed E-state index contributed by atoms with van der Waals surface area (Å²) in [6.07, 6.45) is 1.45. The van der Waals surface area contributed by atoms with Crippen molar-refractivity contribution in [2.75, 3.05) is 44.7 Å². The first-order valence-electron chi connectivity index (χ1n) is 7.40. The van der Waals surface area contributed by atoms with E-state index in [2.05, 4.69) is 15.5 Å². The van der Waals surface area contributed by atoms with Crippen LogP contribution >= 0.6 is 11.6 Å². The third kappa shape index (κ3) is 5.91. The molecule has 23 heavy (non-hydrogen) atoms. The van der Waals surface area contributed by atoms with Gasteiger partial charge in [-0.15, -0.1) is 0 Å². The topological polar surface area (TPSA) is 77.4 Å². The zero-order valence-corrected chi connectivity index (χ0v) is 13.5. The largest absolute Gasteiger partial charge is 0.388 e. The van der Waals surface area contributed by atoms with Crippen LogP contribution in [0, 0.1) is 11.3 Å². The maximum absolute atomic E-state index is 12.0. The van der Waals surface area contributed by atoms with Crippen molar-refractivity contribution in [2.24, 2.45) is 0 Å². The van der Waals surface area contributed by atoms with E-state index in [0.29, 0.717) is 17.3 Å². The van der Waals surface area contributed by atoms with Gasteiger partial charge in [-0.2, -0.15) is 5.26 Å². The highest BCUT2D eigenvalue weighted by Crippen LogP contribution is 2.14. The molecule has 0 bridgehead atoms. The van der Waals surface area contributed by atoms with Crippen molar-refractivity contribution in [1.29, 1.82) is 5.26 Å². The van der Waals surface area contributed by atoms with E-state index >= 15 is 0 Å². The predicted octanol–water partition coefficient (Wildman–Crippen LogP) is 1.61. The summed E-state index contributed by atoms with van der Waals surface area (Å²) >= 11 is 5.79. The van der Waals surface area contributed by atoms with Crippen LogP contribution in [0.25, 0.3) is 0 Å². The lowest BCUT2D eigenvalue weighted by molar-refractivity contribution is -0.112. The summed E-state index contributed by atoms with van der Waals surface area (Å²) in [7, 11) is 0. The summed E-state index contributed by atoms with van der Waals surface area (Å²) in [6.45, 7) is 4.84. The number of carbonyl (C=O) groups excluding carboxylic acids is 1. The van der Waals surface area contributed by atoms with E-state index in [1.54, 1.807) is 24.3 Å². The maximum Gasteiger partial charge on any atom is 0.267 e. The molecule has 0 radical (unpaired) electrons. The van der Waals surface area contributed by atoms with Crippen molar-refractivity contribution in [1.82, 2.24) is 10.2 Å². The molecule has 1 amide bonds. The Morgan fingerprint density at radius 1 is 1.35 bits per heavy atom. The molecule has 1 aliphatic rings. The fraction of sp³-hybridized carbons (Fsp3) is 0.375. The van der Waals surface area contributed by atoms with Crippen LogP contribution in [-0.2, 0) is 9.53 Å². The van der Waals surface area contributed by atoms with Gasteiger partial charge in [-0.1, -0.05) is 11.6 Å². The Morgan fingerprint density at radius 2 is 2.04 bits per heavy atom. The summed E-state index contributed by atoms with van der Waals surface area (Å²) in [5, 5.41) is 15.4. The summed E-state index contributed by atoms with van der Waals surface area (Å²) in [4.78, 5) is 14.3. The minimum absolute atomic E-state index is 0.0296. The number of nitriles is 1. The third-order valence-corrected chi connectivity index (χ3v) is 3.64. The molecule has 6 nitrogen and oxygen atoms in total. The summed E-state index contributed by atoms with van der Waals surface area (Å²) in [5.41, 5.74) is 0.621. The predicted molar refractivity (Wildman–Crippen MR) is 89.0 cm³/mol. The number of amides is 1. The summed E-state index contributed by atoms with van der Waals surface area (Å²) in [6, 6.07) is 8.61. The van der Waals surface area contributed by atoms with Crippen LogP contribution in [0.4, 0.5) is 5.69 Å². The number of ether oxygens (including phenoxy) is 1. The summed E-state index contributed by atoms with van der Waals surface area (Å²) in [5.74, 6) is -0.450. The van der Waals surface area contributed by atoms with Crippen molar-refractivity contribution in [3.05, 3.63) is 41.1 Å². The number of morpholine rings is 1. The number of benzene rings is 1. The quantitative estimate of drug-likeness (QED) is 0.469. The first-order chi connectivity index (χ1) is 11.2. The molecule has 0 spiro atoms. The average molecular weight is 335 g/mol. The number of nitrogens with one attached hydrogen (secondary N) is 2. The van der Waals surface area contributed by atoms with Crippen LogP contribution in [0.3, 0.4) is 0 Å². The van der Waals surface area contributed by atoms with E-state index in [-0.39, 0.29) is 5.57 Å². The number of hydrogen-bond acceptors (Lipinski definition) is 5. The van der Waals surface area contributed by atoms with Crippen LogP contribution in [0.5, 0.6) is 0 Å². The number of nitrogens with zero attached hydrogens (tertiary/aromatic N) is 2. The summed E-state index contributed by atoms with van der Waals surface area (Å²) < 4.78 is 5.28. The molecule has 0 aromatic heterocycles. The van der Waals surface area contributed by atoms with Crippen molar-refractivity contribution in [3.63, 3.8) is 0 Å². The number of halogens is 1. The van der Waals surface area contributed by atoms with Gasteiger partial charge in [0, 0.05) is 43.1 Å².